The number of methoxy groups -OCH3 is 1. The molecule has 1 aliphatic carbocycles. The van der Waals surface area contributed by atoms with Crippen LogP contribution in [-0.4, -0.2) is 19.5 Å². The van der Waals surface area contributed by atoms with Crippen LogP contribution in [0.1, 0.15) is 32.6 Å². The van der Waals surface area contributed by atoms with Gasteiger partial charge in [-0.25, -0.2) is 0 Å². The van der Waals surface area contributed by atoms with Gasteiger partial charge in [0.15, 0.2) is 5.78 Å². The molecule has 0 saturated heterocycles. The topological polar surface area (TPSA) is 26.3 Å². The van der Waals surface area contributed by atoms with Gasteiger partial charge in [0.25, 0.3) is 0 Å². The molecule has 0 bridgehead atoms. The van der Waals surface area contributed by atoms with Crippen LogP contribution in [0.4, 0.5) is 0 Å². The Kier molecular flexibility index (Phi) is 3.73. The molecule has 0 aromatic carbocycles. The molecule has 0 unspecified atom stereocenters. The maximum atomic E-state index is 11.5. The lowest BCUT2D eigenvalue weighted by Gasteiger charge is -2.27. The van der Waals surface area contributed by atoms with E-state index in [0.29, 0.717) is 18.3 Å². The van der Waals surface area contributed by atoms with Crippen molar-refractivity contribution in [2.45, 2.75) is 32.6 Å². The summed E-state index contributed by atoms with van der Waals surface area (Å²) >= 11 is 0. The van der Waals surface area contributed by atoms with E-state index in [-0.39, 0.29) is 5.92 Å². The molecule has 1 rings (SSSR count). The average Bonchev–Trinajstić information content (AvgIpc) is 2.05. The summed E-state index contributed by atoms with van der Waals surface area (Å²) in [6.45, 7) is 2.48. The number of ketones is 1. The highest BCUT2D eigenvalue weighted by Gasteiger charge is 2.26. The highest BCUT2D eigenvalue weighted by molar-refractivity contribution is 5.82. The lowest BCUT2D eigenvalue weighted by Crippen LogP contribution is -2.27. The maximum Gasteiger partial charge on any atom is 0.161 e. The van der Waals surface area contributed by atoms with Crippen LogP contribution in [0.3, 0.4) is 0 Å². The fourth-order valence-electron chi connectivity index (χ4n) is 2.04. The van der Waals surface area contributed by atoms with Crippen LogP contribution in [-0.2, 0) is 9.53 Å². The molecule has 0 aromatic heterocycles. The van der Waals surface area contributed by atoms with E-state index in [2.05, 4.69) is 6.92 Å². The molecule has 1 fully saturated rings. The first-order chi connectivity index (χ1) is 5.75. The number of Topliss-reactive ketones (excluding diaryl/α,β-unsaturated/α-hetero) is 1. The lowest BCUT2D eigenvalue weighted by atomic mass is 9.78. The Morgan fingerprint density at radius 1 is 1.42 bits per heavy atom. The minimum atomic E-state index is 0.277. The molecule has 0 heterocycles. The maximum absolute atomic E-state index is 11.5. The first-order valence-electron chi connectivity index (χ1n) is 4.77. The van der Waals surface area contributed by atoms with E-state index >= 15 is 0 Å². The minimum Gasteiger partial charge on any atom is -0.377 e. The number of ether oxygens (including phenoxy) is 1. The second-order valence-electron chi connectivity index (χ2n) is 3.77. The molecule has 2 nitrogen and oxygen atoms in total. The number of rotatable bonds is 3. The molecule has 0 N–H and O–H groups in total. The van der Waals surface area contributed by atoms with E-state index in [1.807, 2.05) is 0 Å². The number of hydrogen-bond donors (Lipinski definition) is 0. The van der Waals surface area contributed by atoms with Crippen LogP contribution in [0.2, 0.25) is 0 Å². The third-order valence-electron chi connectivity index (χ3n) is 2.81. The van der Waals surface area contributed by atoms with Gasteiger partial charge in [0.1, 0.15) is 6.61 Å². The van der Waals surface area contributed by atoms with Crippen molar-refractivity contribution in [1.29, 1.82) is 0 Å². The Balaban J connectivity index is 2.42. The van der Waals surface area contributed by atoms with Crippen LogP contribution in [0.15, 0.2) is 0 Å². The smallest absolute Gasteiger partial charge is 0.161 e. The molecular weight excluding hydrogens is 152 g/mol. The van der Waals surface area contributed by atoms with E-state index in [1.54, 1.807) is 7.11 Å². The van der Waals surface area contributed by atoms with E-state index in [1.165, 1.54) is 19.3 Å². The van der Waals surface area contributed by atoms with E-state index in [0.717, 1.165) is 6.42 Å². The highest BCUT2D eigenvalue weighted by Crippen LogP contribution is 2.29. The zero-order chi connectivity index (χ0) is 8.97. The van der Waals surface area contributed by atoms with Crippen LogP contribution in [0.5, 0.6) is 0 Å². The average molecular weight is 170 g/mol. The molecule has 0 aliphatic heterocycles. The molecule has 1 aliphatic rings. The zero-order valence-electron chi connectivity index (χ0n) is 8.01. The summed E-state index contributed by atoms with van der Waals surface area (Å²) in [7, 11) is 1.59. The molecule has 0 amide bonds. The van der Waals surface area contributed by atoms with Gasteiger partial charge in [-0.3, -0.25) is 4.79 Å². The van der Waals surface area contributed by atoms with Gasteiger partial charge in [0, 0.05) is 13.0 Å². The Bertz CT molecular complexity index is 154. The minimum absolute atomic E-state index is 0.277. The third kappa shape index (κ3) is 2.31. The standard InChI is InChI=1S/C10H18O2/c1-8-5-3-4-6-9(8)10(11)7-12-2/h8-9H,3-7H2,1-2H3/t8-,9+/m0/s1. The lowest BCUT2D eigenvalue weighted by molar-refractivity contribution is -0.129. The van der Waals surface area contributed by atoms with Crippen molar-refractivity contribution in [1.82, 2.24) is 0 Å². The zero-order valence-corrected chi connectivity index (χ0v) is 8.01. The van der Waals surface area contributed by atoms with E-state index in [9.17, 15) is 4.79 Å². The summed E-state index contributed by atoms with van der Waals surface area (Å²) in [5, 5.41) is 0. The first-order valence-corrected chi connectivity index (χ1v) is 4.77. The van der Waals surface area contributed by atoms with Gasteiger partial charge in [-0.15, -0.1) is 0 Å². The number of hydrogen-bond acceptors (Lipinski definition) is 2. The molecule has 1 saturated carbocycles. The van der Waals surface area contributed by atoms with Crippen molar-refractivity contribution in [3.05, 3.63) is 0 Å². The van der Waals surface area contributed by atoms with Crippen LogP contribution in [0, 0.1) is 11.8 Å². The quantitative estimate of drug-likeness (QED) is 0.647. The Morgan fingerprint density at radius 3 is 2.67 bits per heavy atom. The first kappa shape index (κ1) is 9.72. The molecule has 70 valence electrons. The van der Waals surface area contributed by atoms with Crippen LogP contribution < -0.4 is 0 Å². The molecule has 2 heteroatoms. The van der Waals surface area contributed by atoms with Crippen molar-refractivity contribution in [3.63, 3.8) is 0 Å². The normalized spacial score (nSPS) is 30.2. The van der Waals surface area contributed by atoms with Crippen molar-refractivity contribution in [3.8, 4) is 0 Å². The fraction of sp³-hybridized carbons (Fsp3) is 0.900. The fourth-order valence-corrected chi connectivity index (χ4v) is 2.04. The van der Waals surface area contributed by atoms with Crippen molar-refractivity contribution >= 4 is 5.78 Å². The second-order valence-corrected chi connectivity index (χ2v) is 3.77. The van der Waals surface area contributed by atoms with Gasteiger partial charge in [0.05, 0.1) is 0 Å². The van der Waals surface area contributed by atoms with Crippen molar-refractivity contribution < 1.29 is 9.53 Å². The summed E-state index contributed by atoms with van der Waals surface area (Å²) in [6.07, 6.45) is 4.78. The van der Waals surface area contributed by atoms with E-state index in [4.69, 9.17) is 4.74 Å². The molecule has 12 heavy (non-hydrogen) atoms. The summed E-state index contributed by atoms with van der Waals surface area (Å²) in [5.41, 5.74) is 0. The van der Waals surface area contributed by atoms with Crippen molar-refractivity contribution in [2.24, 2.45) is 11.8 Å². The van der Waals surface area contributed by atoms with Gasteiger partial charge < -0.3 is 4.74 Å². The molecule has 0 spiro atoms. The summed E-state index contributed by atoms with van der Waals surface area (Å²) in [4.78, 5) is 11.5. The predicted molar refractivity (Wildman–Crippen MR) is 48.0 cm³/mol. The summed E-state index contributed by atoms with van der Waals surface area (Å²) in [5.74, 6) is 1.14. The Hall–Kier alpha value is -0.370. The van der Waals surface area contributed by atoms with Gasteiger partial charge >= 0.3 is 0 Å². The van der Waals surface area contributed by atoms with Gasteiger partial charge in [-0.05, 0) is 12.3 Å². The molecule has 2 atom stereocenters. The van der Waals surface area contributed by atoms with Crippen LogP contribution in [0.25, 0.3) is 0 Å². The summed E-state index contributed by atoms with van der Waals surface area (Å²) < 4.78 is 4.86. The molecule has 0 radical (unpaired) electrons. The van der Waals surface area contributed by atoms with Gasteiger partial charge in [-0.2, -0.15) is 0 Å². The van der Waals surface area contributed by atoms with Crippen molar-refractivity contribution in [2.75, 3.05) is 13.7 Å². The third-order valence-corrected chi connectivity index (χ3v) is 2.81. The van der Waals surface area contributed by atoms with Gasteiger partial charge in [-0.1, -0.05) is 26.2 Å². The molecular formula is C10H18O2. The Labute approximate surface area is 74.3 Å². The predicted octanol–water partition coefficient (Wildman–Crippen LogP) is 2.03. The summed E-state index contributed by atoms with van der Waals surface area (Å²) in [6, 6.07) is 0. The Morgan fingerprint density at radius 2 is 2.08 bits per heavy atom. The largest absolute Gasteiger partial charge is 0.377 e. The highest BCUT2D eigenvalue weighted by atomic mass is 16.5. The molecule has 0 aromatic rings. The monoisotopic (exact) mass is 170 g/mol. The van der Waals surface area contributed by atoms with E-state index < -0.39 is 0 Å². The SMILES string of the molecule is COCC(=O)[C@@H]1CCCC[C@@H]1C. The second kappa shape index (κ2) is 4.61. The number of carbonyl (C=O) groups excluding carboxylic acids is 1. The number of carbonyl (C=O) groups is 1. The van der Waals surface area contributed by atoms with Gasteiger partial charge in [0.2, 0.25) is 0 Å². The van der Waals surface area contributed by atoms with Crippen LogP contribution >= 0.6 is 0 Å².